The standard InChI is InChI=1S/C17H22N4O3S/c1-24-12-17(23)20-10-13-4-7-19-21(13)14(11-20)9-16(22)18-6-5-15-3-2-8-25-15/h2-4,7-8,14H,5-6,9-12H2,1H3,(H,18,22)/t14-/m1/s1. The Bertz CT molecular complexity index is 713. The maximum absolute atomic E-state index is 12.3. The summed E-state index contributed by atoms with van der Waals surface area (Å²) in [6.07, 6.45) is 2.84. The van der Waals surface area contributed by atoms with Crippen molar-refractivity contribution in [2.75, 3.05) is 26.8 Å². The number of nitrogens with zero attached hydrogens (tertiary/aromatic N) is 3. The van der Waals surface area contributed by atoms with Crippen molar-refractivity contribution >= 4 is 23.2 Å². The predicted molar refractivity (Wildman–Crippen MR) is 94.2 cm³/mol. The summed E-state index contributed by atoms with van der Waals surface area (Å²) < 4.78 is 6.80. The normalized spacial score (nSPS) is 16.5. The Morgan fingerprint density at radius 2 is 2.32 bits per heavy atom. The number of thiophene rings is 1. The molecule has 0 saturated heterocycles. The third-order valence-electron chi connectivity index (χ3n) is 4.20. The van der Waals surface area contributed by atoms with Gasteiger partial charge in [0.2, 0.25) is 11.8 Å². The Balaban J connectivity index is 1.56. The summed E-state index contributed by atoms with van der Waals surface area (Å²) in [5.41, 5.74) is 0.937. The molecule has 0 fully saturated rings. The van der Waals surface area contributed by atoms with Crippen LogP contribution in [0.4, 0.5) is 0 Å². The topological polar surface area (TPSA) is 76.5 Å². The fourth-order valence-corrected chi connectivity index (χ4v) is 3.72. The first-order valence-electron chi connectivity index (χ1n) is 8.25. The summed E-state index contributed by atoms with van der Waals surface area (Å²) in [5.74, 6) is -0.0953. The van der Waals surface area contributed by atoms with E-state index in [-0.39, 0.29) is 24.5 Å². The number of amides is 2. The molecule has 1 atom stereocenters. The zero-order chi connectivity index (χ0) is 17.6. The lowest BCUT2D eigenvalue weighted by atomic mass is 10.1. The second-order valence-electron chi connectivity index (χ2n) is 6.01. The first-order chi connectivity index (χ1) is 12.2. The van der Waals surface area contributed by atoms with Crippen molar-refractivity contribution in [1.29, 1.82) is 0 Å². The molecule has 7 nitrogen and oxygen atoms in total. The highest BCUT2D eigenvalue weighted by Gasteiger charge is 2.29. The largest absolute Gasteiger partial charge is 0.375 e. The van der Waals surface area contributed by atoms with E-state index in [2.05, 4.69) is 16.5 Å². The number of aromatic nitrogens is 2. The Labute approximate surface area is 150 Å². The number of hydrogen-bond acceptors (Lipinski definition) is 5. The zero-order valence-electron chi connectivity index (χ0n) is 14.2. The maximum Gasteiger partial charge on any atom is 0.248 e. The SMILES string of the molecule is COCC(=O)N1Cc2ccnn2[C@H](CC(=O)NCCc2cccs2)C1. The number of rotatable bonds is 7. The molecule has 1 aliphatic heterocycles. The van der Waals surface area contributed by atoms with Crippen LogP contribution in [0.5, 0.6) is 0 Å². The van der Waals surface area contributed by atoms with E-state index in [1.54, 1.807) is 22.4 Å². The molecule has 0 aromatic carbocycles. The number of carbonyl (C=O) groups is 2. The molecule has 3 rings (SSSR count). The molecule has 0 bridgehead atoms. The molecule has 2 aromatic heterocycles. The molecule has 0 radical (unpaired) electrons. The molecule has 0 unspecified atom stereocenters. The van der Waals surface area contributed by atoms with Crippen LogP contribution in [0.2, 0.25) is 0 Å². The van der Waals surface area contributed by atoms with Gasteiger partial charge in [0.1, 0.15) is 6.61 Å². The van der Waals surface area contributed by atoms with E-state index in [0.717, 1.165) is 12.1 Å². The summed E-state index contributed by atoms with van der Waals surface area (Å²) in [5, 5.41) is 9.31. The highest BCUT2D eigenvalue weighted by molar-refractivity contribution is 7.09. The molecular weight excluding hydrogens is 340 g/mol. The third-order valence-corrected chi connectivity index (χ3v) is 5.13. The lowest BCUT2D eigenvalue weighted by Gasteiger charge is -2.33. The predicted octanol–water partition coefficient (Wildman–Crippen LogP) is 1.22. The number of carbonyl (C=O) groups excluding carboxylic acids is 2. The van der Waals surface area contributed by atoms with Crippen LogP contribution < -0.4 is 5.32 Å². The van der Waals surface area contributed by atoms with Gasteiger partial charge in [0.25, 0.3) is 0 Å². The average Bonchev–Trinajstić information content (AvgIpc) is 3.26. The number of nitrogens with one attached hydrogen (secondary N) is 1. The first kappa shape index (κ1) is 17.6. The molecule has 3 heterocycles. The van der Waals surface area contributed by atoms with E-state index in [4.69, 9.17) is 4.74 Å². The van der Waals surface area contributed by atoms with Gasteiger partial charge in [0.15, 0.2) is 0 Å². The Morgan fingerprint density at radius 3 is 3.08 bits per heavy atom. The van der Waals surface area contributed by atoms with Crippen molar-refractivity contribution in [3.05, 3.63) is 40.3 Å². The molecule has 8 heteroatoms. The van der Waals surface area contributed by atoms with Crippen molar-refractivity contribution < 1.29 is 14.3 Å². The molecule has 2 amide bonds. The number of fused-ring (bicyclic) bond motifs is 1. The lowest BCUT2D eigenvalue weighted by Crippen LogP contribution is -2.44. The van der Waals surface area contributed by atoms with Gasteiger partial charge in [0, 0.05) is 31.3 Å². The highest BCUT2D eigenvalue weighted by atomic mass is 32.1. The van der Waals surface area contributed by atoms with Crippen LogP contribution in [-0.2, 0) is 27.3 Å². The molecule has 0 spiro atoms. The number of hydrogen-bond donors (Lipinski definition) is 1. The molecule has 0 saturated carbocycles. The number of ether oxygens (including phenoxy) is 1. The van der Waals surface area contributed by atoms with Crippen LogP contribution >= 0.6 is 11.3 Å². The van der Waals surface area contributed by atoms with Crippen LogP contribution in [0.15, 0.2) is 29.8 Å². The Hall–Kier alpha value is -2.19. The quantitative estimate of drug-likeness (QED) is 0.804. The zero-order valence-corrected chi connectivity index (χ0v) is 15.0. The fraction of sp³-hybridized carbons (Fsp3) is 0.471. The minimum Gasteiger partial charge on any atom is -0.375 e. The molecule has 1 aliphatic rings. The van der Waals surface area contributed by atoms with Gasteiger partial charge in [-0.3, -0.25) is 14.3 Å². The third kappa shape index (κ3) is 4.46. The second kappa shape index (κ2) is 8.26. The van der Waals surface area contributed by atoms with Gasteiger partial charge in [-0.15, -0.1) is 11.3 Å². The first-order valence-corrected chi connectivity index (χ1v) is 9.13. The number of methoxy groups -OCH3 is 1. The summed E-state index contributed by atoms with van der Waals surface area (Å²) in [7, 11) is 1.50. The maximum atomic E-state index is 12.3. The van der Waals surface area contributed by atoms with Gasteiger partial charge in [-0.05, 0) is 23.9 Å². The van der Waals surface area contributed by atoms with E-state index < -0.39 is 0 Å². The van der Waals surface area contributed by atoms with Crippen molar-refractivity contribution in [2.45, 2.75) is 25.4 Å². The molecule has 2 aromatic rings. The minimum absolute atomic E-state index is 0.0240. The van der Waals surface area contributed by atoms with Crippen LogP contribution in [-0.4, -0.2) is 53.3 Å². The van der Waals surface area contributed by atoms with Crippen molar-refractivity contribution in [3.8, 4) is 0 Å². The fourth-order valence-electron chi connectivity index (χ4n) is 3.01. The summed E-state index contributed by atoms with van der Waals surface area (Å²) in [6, 6.07) is 5.80. The molecule has 1 N–H and O–H groups in total. The molecular formula is C17H22N4O3S. The van der Waals surface area contributed by atoms with Gasteiger partial charge in [0.05, 0.1) is 24.7 Å². The van der Waals surface area contributed by atoms with E-state index in [1.807, 2.05) is 22.2 Å². The average molecular weight is 362 g/mol. The van der Waals surface area contributed by atoms with Crippen LogP contribution in [0.25, 0.3) is 0 Å². The Kier molecular flexibility index (Phi) is 5.83. The van der Waals surface area contributed by atoms with Gasteiger partial charge in [-0.2, -0.15) is 5.10 Å². The van der Waals surface area contributed by atoms with Crippen LogP contribution in [0.1, 0.15) is 23.0 Å². The van der Waals surface area contributed by atoms with Gasteiger partial charge >= 0.3 is 0 Å². The molecule has 25 heavy (non-hydrogen) atoms. The smallest absolute Gasteiger partial charge is 0.248 e. The van der Waals surface area contributed by atoms with Gasteiger partial charge in [-0.1, -0.05) is 6.07 Å². The van der Waals surface area contributed by atoms with E-state index in [0.29, 0.717) is 26.1 Å². The van der Waals surface area contributed by atoms with Gasteiger partial charge in [-0.25, -0.2) is 0 Å². The Morgan fingerprint density at radius 1 is 1.44 bits per heavy atom. The second-order valence-corrected chi connectivity index (χ2v) is 7.04. The van der Waals surface area contributed by atoms with E-state index >= 15 is 0 Å². The van der Waals surface area contributed by atoms with Crippen molar-refractivity contribution in [2.24, 2.45) is 0 Å². The summed E-state index contributed by atoms with van der Waals surface area (Å²) in [4.78, 5) is 27.4. The summed E-state index contributed by atoms with van der Waals surface area (Å²) >= 11 is 1.69. The van der Waals surface area contributed by atoms with Crippen molar-refractivity contribution in [1.82, 2.24) is 20.0 Å². The van der Waals surface area contributed by atoms with Crippen molar-refractivity contribution in [3.63, 3.8) is 0 Å². The van der Waals surface area contributed by atoms with E-state index in [1.165, 1.54) is 12.0 Å². The van der Waals surface area contributed by atoms with Crippen LogP contribution in [0, 0.1) is 0 Å². The monoisotopic (exact) mass is 362 g/mol. The lowest BCUT2D eigenvalue weighted by molar-refractivity contribution is -0.138. The van der Waals surface area contributed by atoms with Crippen LogP contribution in [0.3, 0.4) is 0 Å². The van der Waals surface area contributed by atoms with Gasteiger partial charge < -0.3 is 15.0 Å². The highest BCUT2D eigenvalue weighted by Crippen LogP contribution is 2.23. The summed E-state index contributed by atoms with van der Waals surface area (Å²) in [6.45, 7) is 1.63. The van der Waals surface area contributed by atoms with E-state index in [9.17, 15) is 9.59 Å². The molecule has 0 aliphatic carbocycles. The molecule has 134 valence electrons. The minimum atomic E-state index is -0.152.